The average molecular weight is 415 g/mol. The van der Waals surface area contributed by atoms with E-state index in [-0.39, 0.29) is 55.2 Å². The minimum Gasteiger partial charge on any atom is -1.00 e. The van der Waals surface area contributed by atoms with E-state index in [2.05, 4.69) is 39.6 Å². The quantitative estimate of drug-likeness (QED) is 0.370. The molecule has 0 aliphatic rings. The Labute approximate surface area is 158 Å². The SMILES string of the molecule is C=CP(C)C.CP(C)Cl.[B][P+](C)(C)C=C.[Br-].[CH-]=C.[Mg+2]. The first-order chi connectivity index (χ1) is 7.56. The van der Waals surface area contributed by atoms with Crippen molar-refractivity contribution in [1.82, 2.24) is 0 Å². The summed E-state index contributed by atoms with van der Waals surface area (Å²) < 4.78 is 0. The molecule has 0 saturated heterocycles. The van der Waals surface area contributed by atoms with E-state index in [1.165, 1.54) is 0 Å². The van der Waals surface area contributed by atoms with Crippen molar-refractivity contribution in [2.45, 2.75) is 0 Å². The summed E-state index contributed by atoms with van der Waals surface area (Å²) in [6, 6.07) is 0. The Morgan fingerprint density at radius 1 is 1.11 bits per heavy atom. The van der Waals surface area contributed by atoms with Gasteiger partial charge in [0.2, 0.25) is 0 Å². The van der Waals surface area contributed by atoms with Gasteiger partial charge in [-0.15, -0.1) is 0 Å². The Bertz CT molecular complexity index is 174. The van der Waals surface area contributed by atoms with Crippen LogP contribution in [0.25, 0.3) is 0 Å². The molecule has 0 aromatic rings. The Morgan fingerprint density at radius 3 is 1.21 bits per heavy atom. The van der Waals surface area contributed by atoms with Gasteiger partial charge in [-0.05, 0) is 41.1 Å². The number of hydrogen-bond acceptors (Lipinski definition) is 0. The zero-order chi connectivity index (χ0) is 15.1. The molecule has 0 aromatic carbocycles. The summed E-state index contributed by atoms with van der Waals surface area (Å²) in [6.45, 7) is 26.5. The maximum absolute atomic E-state index is 5.53. The first-order valence-electron chi connectivity index (χ1n) is 4.85. The van der Waals surface area contributed by atoms with E-state index in [0.717, 1.165) is 0 Å². The fourth-order valence-electron chi connectivity index (χ4n) is 0. The Hall–Kier alpha value is 2.11. The normalized spacial score (nSPS) is 7.84. The monoisotopic (exact) mass is 413 g/mol. The van der Waals surface area contributed by atoms with Crippen molar-refractivity contribution in [1.29, 1.82) is 0 Å². The smallest absolute Gasteiger partial charge is 1.00 e. The maximum Gasteiger partial charge on any atom is 2.00 e. The molecule has 2 radical (unpaired) electrons. The summed E-state index contributed by atoms with van der Waals surface area (Å²) in [4.78, 5) is 0. The van der Waals surface area contributed by atoms with Crippen LogP contribution in [-0.2, 0) is 0 Å². The number of halogens is 2. The number of rotatable bonds is 2. The van der Waals surface area contributed by atoms with Crippen LogP contribution < -0.4 is 17.0 Å². The number of hydrogen-bond donors (Lipinski definition) is 0. The van der Waals surface area contributed by atoms with E-state index in [9.17, 15) is 0 Å². The molecule has 0 nitrogen and oxygen atoms in total. The van der Waals surface area contributed by atoms with Crippen LogP contribution in [0.5, 0.6) is 0 Å². The molecule has 0 saturated carbocycles. The molecule has 0 N–H and O–H groups in total. The first-order valence-corrected chi connectivity index (χ1v) is 13.1. The second-order valence-electron chi connectivity index (χ2n) is 3.74. The van der Waals surface area contributed by atoms with Crippen molar-refractivity contribution >= 4 is 64.2 Å². The van der Waals surface area contributed by atoms with Crippen LogP contribution in [0, 0.1) is 6.58 Å². The maximum atomic E-state index is 5.53. The van der Waals surface area contributed by atoms with Gasteiger partial charge in [-0.1, -0.05) is 38.1 Å². The van der Waals surface area contributed by atoms with Crippen LogP contribution >= 0.6 is 33.6 Å². The molecule has 0 atom stereocenters. The van der Waals surface area contributed by atoms with Crippen LogP contribution in [0.3, 0.4) is 0 Å². The predicted octanol–water partition coefficient (Wildman–Crippen LogP) is 2.47. The minimum absolute atomic E-state index is 0. The molecule has 0 rings (SSSR count). The molecule has 19 heavy (non-hydrogen) atoms. The molecule has 0 fully saturated rings. The van der Waals surface area contributed by atoms with Gasteiger partial charge in [0.05, 0.1) is 0 Å². The topological polar surface area (TPSA) is 0 Å². The summed E-state index contributed by atoms with van der Waals surface area (Å²) >= 11 is 5.34. The van der Waals surface area contributed by atoms with Crippen molar-refractivity contribution in [3.63, 3.8) is 0 Å². The third-order valence-electron chi connectivity index (χ3n) is 0.836. The van der Waals surface area contributed by atoms with Gasteiger partial charge >= 0.3 is 30.6 Å². The fourth-order valence-corrected chi connectivity index (χ4v) is 0. The standard InChI is InChI=1S/C4H9BP.C4H9P.C2H6ClP.C2H3.BrH.Mg/c1-4-6(2,3)5;1-4-5(2)3;1-4(2)3;1-2;;/h4H,1H2,2-3H3;4H,1H2,2-3H3;1-2H3;1H,2H2;1H;/q+1;;;-1;;+2/p-1. The molecule has 0 amide bonds. The molecular formula is C12H27BBrClMgP3+. The fraction of sp³-hybridized carbons (Fsp3) is 0.500. The van der Waals surface area contributed by atoms with Crippen LogP contribution in [0.1, 0.15) is 0 Å². The van der Waals surface area contributed by atoms with Gasteiger partial charge in [-0.2, -0.15) is 0 Å². The third-order valence-corrected chi connectivity index (χ3v) is 2.51. The van der Waals surface area contributed by atoms with E-state index < -0.39 is 7.14 Å². The van der Waals surface area contributed by atoms with Crippen LogP contribution in [0.4, 0.5) is 0 Å². The van der Waals surface area contributed by atoms with Gasteiger partial charge in [0, 0.05) is 19.1 Å². The molecule has 0 aliphatic carbocycles. The van der Waals surface area contributed by atoms with Gasteiger partial charge in [-0.3, -0.25) is 6.58 Å². The van der Waals surface area contributed by atoms with Crippen molar-refractivity contribution in [2.24, 2.45) is 0 Å². The molecule has 0 spiro atoms. The van der Waals surface area contributed by atoms with Crippen LogP contribution in [0.15, 0.2) is 31.4 Å². The van der Waals surface area contributed by atoms with Crippen molar-refractivity contribution in [3.05, 3.63) is 37.9 Å². The molecule has 0 bridgehead atoms. The van der Waals surface area contributed by atoms with Gasteiger partial charge in [0.1, 0.15) is 0 Å². The van der Waals surface area contributed by atoms with Crippen LogP contribution in [-0.4, -0.2) is 70.6 Å². The molecule has 0 aliphatic heterocycles. The van der Waals surface area contributed by atoms with E-state index in [4.69, 9.17) is 18.8 Å². The zero-order valence-electron chi connectivity index (χ0n) is 13.2. The van der Waals surface area contributed by atoms with E-state index in [1.54, 1.807) is 0 Å². The van der Waals surface area contributed by atoms with Gasteiger partial charge < -0.3 is 23.6 Å². The summed E-state index contributed by atoms with van der Waals surface area (Å²) in [6.07, 6.45) is 0. The Kier molecular flexibility index (Phi) is 55.7. The molecule has 108 valence electrons. The Balaban J connectivity index is -0.0000000302. The van der Waals surface area contributed by atoms with Crippen molar-refractivity contribution < 1.29 is 17.0 Å². The third kappa shape index (κ3) is 130. The molecule has 7 heteroatoms. The zero-order valence-corrected chi connectivity index (χ0v) is 19.7. The summed E-state index contributed by atoms with van der Waals surface area (Å²) in [7, 11) is 4.41. The second kappa shape index (κ2) is 28.3. The molecule has 0 aromatic heterocycles. The van der Waals surface area contributed by atoms with E-state index >= 15 is 0 Å². The van der Waals surface area contributed by atoms with Gasteiger partial charge in [-0.25, -0.2) is 0 Å². The molecule has 0 heterocycles. The second-order valence-corrected chi connectivity index (χ2v) is 13.3. The van der Waals surface area contributed by atoms with Gasteiger partial charge in [0.25, 0.3) is 0 Å². The van der Waals surface area contributed by atoms with Gasteiger partial charge in [0.15, 0.2) is 0 Å². The summed E-state index contributed by atoms with van der Waals surface area (Å²) in [5.41, 5.74) is 0. The summed E-state index contributed by atoms with van der Waals surface area (Å²) in [5, 5.41) is 0. The van der Waals surface area contributed by atoms with E-state index in [0.29, 0.717) is 0 Å². The van der Waals surface area contributed by atoms with E-state index in [1.807, 2.05) is 38.3 Å². The minimum atomic E-state index is -1.13. The Morgan fingerprint density at radius 2 is 1.21 bits per heavy atom. The first kappa shape index (κ1) is 37.4. The van der Waals surface area contributed by atoms with Crippen LogP contribution in [0.2, 0.25) is 0 Å². The largest absolute Gasteiger partial charge is 2.00 e. The molecular weight excluding hydrogens is 388 g/mol. The average Bonchev–Trinajstić information content (AvgIpc) is 2.20. The van der Waals surface area contributed by atoms with Crippen molar-refractivity contribution in [2.75, 3.05) is 40.0 Å². The summed E-state index contributed by atoms with van der Waals surface area (Å²) in [5.74, 6) is 3.81. The van der Waals surface area contributed by atoms with Crippen molar-refractivity contribution in [3.8, 4) is 0 Å². The molecule has 0 unspecified atom stereocenters. The predicted molar refractivity (Wildman–Crippen MR) is 104 cm³/mol.